The van der Waals surface area contributed by atoms with Crippen molar-refractivity contribution in [1.82, 2.24) is 10.3 Å². The molecule has 1 aliphatic rings. The van der Waals surface area contributed by atoms with E-state index < -0.39 is 0 Å². The fourth-order valence-electron chi connectivity index (χ4n) is 1.96. The van der Waals surface area contributed by atoms with E-state index in [1.54, 1.807) is 4.90 Å². The van der Waals surface area contributed by atoms with Crippen LogP contribution in [-0.4, -0.2) is 43.2 Å². The molecule has 1 unspecified atom stereocenters. The van der Waals surface area contributed by atoms with Gasteiger partial charge in [0.2, 0.25) is 5.91 Å². The summed E-state index contributed by atoms with van der Waals surface area (Å²) in [6, 6.07) is 0.126. The van der Waals surface area contributed by atoms with Crippen LogP contribution in [0.15, 0.2) is 5.38 Å². The Morgan fingerprint density at radius 3 is 3.11 bits per heavy atom. The highest BCUT2D eigenvalue weighted by molar-refractivity contribution is 7.14. The van der Waals surface area contributed by atoms with E-state index in [0.29, 0.717) is 19.6 Å². The molecule has 1 aromatic rings. The van der Waals surface area contributed by atoms with Crippen LogP contribution in [0.2, 0.25) is 0 Å². The standard InChI is InChI=1S/C12H19N3O2S/c1-3-15(12-14-9(2)8-18-12)11(16)6-10-7-17-5-4-13-10/h8,10,13H,3-7H2,1-2H3. The second-order valence-corrected chi connectivity index (χ2v) is 5.18. The highest BCUT2D eigenvalue weighted by Gasteiger charge is 2.22. The minimum absolute atomic E-state index is 0.106. The van der Waals surface area contributed by atoms with Crippen LogP contribution in [0.5, 0.6) is 0 Å². The van der Waals surface area contributed by atoms with Gasteiger partial charge in [0, 0.05) is 30.9 Å². The van der Waals surface area contributed by atoms with Crippen molar-refractivity contribution < 1.29 is 9.53 Å². The molecular formula is C12H19N3O2S. The summed E-state index contributed by atoms with van der Waals surface area (Å²) in [5.74, 6) is 0.106. The Morgan fingerprint density at radius 2 is 2.56 bits per heavy atom. The first-order valence-electron chi connectivity index (χ1n) is 6.24. The first-order chi connectivity index (χ1) is 8.70. The molecule has 0 radical (unpaired) electrons. The van der Waals surface area contributed by atoms with Crippen LogP contribution in [0, 0.1) is 6.92 Å². The summed E-state index contributed by atoms with van der Waals surface area (Å²) in [6.07, 6.45) is 0.465. The molecule has 2 rings (SSSR count). The summed E-state index contributed by atoms with van der Waals surface area (Å²) in [4.78, 5) is 18.4. The molecule has 100 valence electrons. The Bertz CT molecular complexity index is 402. The van der Waals surface area contributed by atoms with Crippen molar-refractivity contribution >= 4 is 22.4 Å². The van der Waals surface area contributed by atoms with Gasteiger partial charge >= 0.3 is 0 Å². The molecule has 0 bridgehead atoms. The maximum atomic E-state index is 12.2. The third-order valence-corrected chi connectivity index (χ3v) is 3.86. The molecule has 0 spiro atoms. The molecule has 1 amide bonds. The number of hydrogen-bond donors (Lipinski definition) is 1. The first kappa shape index (κ1) is 13.5. The Kier molecular flexibility index (Phi) is 4.68. The predicted octanol–water partition coefficient (Wildman–Crippen LogP) is 1.18. The quantitative estimate of drug-likeness (QED) is 0.892. The number of amides is 1. The molecule has 2 heterocycles. The van der Waals surface area contributed by atoms with Gasteiger partial charge in [-0.15, -0.1) is 11.3 Å². The maximum absolute atomic E-state index is 12.2. The SMILES string of the molecule is CCN(C(=O)CC1COCCN1)c1nc(C)cs1. The lowest BCUT2D eigenvalue weighted by Crippen LogP contribution is -2.45. The Labute approximate surface area is 111 Å². The normalized spacial score (nSPS) is 19.8. The number of anilines is 1. The van der Waals surface area contributed by atoms with Crippen molar-refractivity contribution in [3.8, 4) is 0 Å². The molecule has 1 aromatic heterocycles. The zero-order chi connectivity index (χ0) is 13.0. The fourth-order valence-corrected chi connectivity index (χ4v) is 2.84. The Hall–Kier alpha value is -0.980. The molecule has 1 N–H and O–H groups in total. The zero-order valence-corrected chi connectivity index (χ0v) is 11.6. The minimum atomic E-state index is 0.106. The fraction of sp³-hybridized carbons (Fsp3) is 0.667. The summed E-state index contributed by atoms with van der Waals surface area (Å²) in [5.41, 5.74) is 0.959. The molecular weight excluding hydrogens is 250 g/mol. The smallest absolute Gasteiger partial charge is 0.230 e. The second-order valence-electron chi connectivity index (χ2n) is 4.34. The number of hydrogen-bond acceptors (Lipinski definition) is 5. The van der Waals surface area contributed by atoms with Crippen molar-refractivity contribution in [3.63, 3.8) is 0 Å². The molecule has 0 aromatic carbocycles. The van der Waals surface area contributed by atoms with Crippen LogP contribution in [0.25, 0.3) is 0 Å². The van der Waals surface area contributed by atoms with Crippen LogP contribution < -0.4 is 10.2 Å². The Morgan fingerprint density at radius 1 is 1.72 bits per heavy atom. The van der Waals surface area contributed by atoms with Gasteiger partial charge in [-0.3, -0.25) is 9.69 Å². The van der Waals surface area contributed by atoms with Gasteiger partial charge in [0.1, 0.15) is 0 Å². The van der Waals surface area contributed by atoms with Gasteiger partial charge in [-0.05, 0) is 13.8 Å². The molecule has 1 aliphatic heterocycles. The summed E-state index contributed by atoms with van der Waals surface area (Å²) in [6.45, 7) is 6.72. The molecule has 0 aliphatic carbocycles. The average Bonchev–Trinajstić information content (AvgIpc) is 2.78. The molecule has 1 saturated heterocycles. The average molecular weight is 269 g/mol. The first-order valence-corrected chi connectivity index (χ1v) is 7.12. The Balaban J connectivity index is 1.96. The van der Waals surface area contributed by atoms with E-state index in [2.05, 4.69) is 10.3 Å². The van der Waals surface area contributed by atoms with E-state index in [4.69, 9.17) is 4.74 Å². The van der Waals surface area contributed by atoms with Gasteiger partial charge in [0.15, 0.2) is 5.13 Å². The monoisotopic (exact) mass is 269 g/mol. The second kappa shape index (κ2) is 6.26. The number of ether oxygens (including phenoxy) is 1. The number of morpholine rings is 1. The largest absolute Gasteiger partial charge is 0.378 e. The van der Waals surface area contributed by atoms with Crippen molar-refractivity contribution in [2.75, 3.05) is 31.2 Å². The number of rotatable bonds is 4. The number of aryl methyl sites for hydroxylation is 1. The number of nitrogens with one attached hydrogen (secondary N) is 1. The highest BCUT2D eigenvalue weighted by atomic mass is 32.1. The molecule has 5 nitrogen and oxygen atoms in total. The van der Waals surface area contributed by atoms with E-state index in [9.17, 15) is 4.79 Å². The molecule has 6 heteroatoms. The van der Waals surface area contributed by atoms with Crippen LogP contribution in [-0.2, 0) is 9.53 Å². The number of carbonyl (C=O) groups excluding carboxylic acids is 1. The molecule has 1 fully saturated rings. The summed E-state index contributed by atoms with van der Waals surface area (Å²) in [5, 5.41) is 6.05. The van der Waals surface area contributed by atoms with Crippen molar-refractivity contribution in [3.05, 3.63) is 11.1 Å². The zero-order valence-electron chi connectivity index (χ0n) is 10.8. The van der Waals surface area contributed by atoms with E-state index in [-0.39, 0.29) is 11.9 Å². The van der Waals surface area contributed by atoms with Crippen LogP contribution in [0.4, 0.5) is 5.13 Å². The lowest BCUT2D eigenvalue weighted by atomic mass is 10.2. The number of nitrogens with zero attached hydrogens (tertiary/aromatic N) is 2. The van der Waals surface area contributed by atoms with Crippen molar-refractivity contribution in [1.29, 1.82) is 0 Å². The van der Waals surface area contributed by atoms with Gasteiger partial charge in [-0.1, -0.05) is 0 Å². The van der Waals surface area contributed by atoms with Gasteiger partial charge < -0.3 is 10.1 Å². The van der Waals surface area contributed by atoms with Crippen molar-refractivity contribution in [2.45, 2.75) is 26.3 Å². The third-order valence-electron chi connectivity index (χ3n) is 2.87. The molecule has 1 atom stereocenters. The van der Waals surface area contributed by atoms with Crippen LogP contribution >= 0.6 is 11.3 Å². The molecule has 18 heavy (non-hydrogen) atoms. The lowest BCUT2D eigenvalue weighted by Gasteiger charge is -2.25. The predicted molar refractivity (Wildman–Crippen MR) is 72.1 cm³/mol. The van der Waals surface area contributed by atoms with E-state index >= 15 is 0 Å². The summed E-state index contributed by atoms with van der Waals surface area (Å²) in [7, 11) is 0. The summed E-state index contributed by atoms with van der Waals surface area (Å²) >= 11 is 1.51. The number of carbonyl (C=O) groups is 1. The third kappa shape index (κ3) is 3.28. The van der Waals surface area contributed by atoms with Gasteiger partial charge in [0.25, 0.3) is 0 Å². The van der Waals surface area contributed by atoms with Gasteiger partial charge in [-0.25, -0.2) is 4.98 Å². The number of aromatic nitrogens is 1. The maximum Gasteiger partial charge on any atom is 0.230 e. The van der Waals surface area contributed by atoms with Crippen LogP contribution in [0.1, 0.15) is 19.0 Å². The van der Waals surface area contributed by atoms with E-state index in [1.165, 1.54) is 11.3 Å². The van der Waals surface area contributed by atoms with Gasteiger partial charge in [-0.2, -0.15) is 0 Å². The van der Waals surface area contributed by atoms with E-state index in [0.717, 1.165) is 24.0 Å². The summed E-state index contributed by atoms with van der Waals surface area (Å²) < 4.78 is 5.36. The highest BCUT2D eigenvalue weighted by Crippen LogP contribution is 2.21. The van der Waals surface area contributed by atoms with Crippen LogP contribution in [0.3, 0.4) is 0 Å². The van der Waals surface area contributed by atoms with Crippen molar-refractivity contribution in [2.24, 2.45) is 0 Å². The lowest BCUT2D eigenvalue weighted by molar-refractivity contribution is -0.119. The topological polar surface area (TPSA) is 54.5 Å². The van der Waals surface area contributed by atoms with Gasteiger partial charge in [0.05, 0.1) is 18.9 Å². The molecule has 0 saturated carbocycles. The number of thiazole rings is 1. The van der Waals surface area contributed by atoms with E-state index in [1.807, 2.05) is 19.2 Å². The minimum Gasteiger partial charge on any atom is -0.378 e.